The summed E-state index contributed by atoms with van der Waals surface area (Å²) in [6, 6.07) is 13.3. The van der Waals surface area contributed by atoms with Gasteiger partial charge in [0.25, 0.3) is 5.91 Å². The van der Waals surface area contributed by atoms with Crippen LogP contribution in [0.1, 0.15) is 30.9 Å². The first-order valence-electron chi connectivity index (χ1n) is 8.39. The maximum absolute atomic E-state index is 12.2. The second kappa shape index (κ2) is 7.77. The molecule has 0 spiro atoms. The van der Waals surface area contributed by atoms with Crippen molar-refractivity contribution in [3.8, 4) is 11.4 Å². The molecule has 0 atom stereocenters. The van der Waals surface area contributed by atoms with Crippen LogP contribution in [0, 0.1) is 6.92 Å². The van der Waals surface area contributed by atoms with Gasteiger partial charge in [-0.15, -0.1) is 5.10 Å². The summed E-state index contributed by atoms with van der Waals surface area (Å²) >= 11 is 0. The Morgan fingerprint density at radius 3 is 2.81 bits per heavy atom. The lowest BCUT2D eigenvalue weighted by atomic mass is 10.0. The Balaban J connectivity index is 1.64. The Morgan fingerprint density at radius 1 is 1.23 bits per heavy atom. The van der Waals surface area contributed by atoms with E-state index in [1.54, 1.807) is 4.68 Å². The lowest BCUT2D eigenvalue weighted by Crippen LogP contribution is -2.20. The number of carbonyl (C=O) groups is 1. The highest BCUT2D eigenvalue weighted by Gasteiger charge is 2.08. The number of anilines is 1. The number of amides is 1. The highest BCUT2D eigenvalue weighted by atomic mass is 16.5. The lowest BCUT2D eigenvalue weighted by molar-refractivity contribution is -0.118. The summed E-state index contributed by atoms with van der Waals surface area (Å²) in [6.07, 6.45) is 1.51. The quantitative estimate of drug-likeness (QED) is 0.738. The number of ether oxygens (including phenoxy) is 1. The van der Waals surface area contributed by atoms with Gasteiger partial charge in [-0.2, -0.15) is 0 Å². The van der Waals surface area contributed by atoms with Crippen LogP contribution in [0.15, 0.2) is 48.8 Å². The molecular weight excluding hydrogens is 330 g/mol. The maximum atomic E-state index is 12.2. The molecule has 2 aromatic carbocycles. The minimum atomic E-state index is -0.230. The molecule has 1 heterocycles. The van der Waals surface area contributed by atoms with Gasteiger partial charge in [-0.25, -0.2) is 4.68 Å². The molecule has 0 unspecified atom stereocenters. The van der Waals surface area contributed by atoms with E-state index in [-0.39, 0.29) is 12.5 Å². The molecule has 0 saturated heterocycles. The smallest absolute Gasteiger partial charge is 0.262 e. The number of hydrogen-bond donors (Lipinski definition) is 1. The molecule has 134 valence electrons. The van der Waals surface area contributed by atoms with Crippen LogP contribution < -0.4 is 10.1 Å². The maximum Gasteiger partial charge on any atom is 0.262 e. The van der Waals surface area contributed by atoms with Gasteiger partial charge in [0.2, 0.25) is 0 Å². The van der Waals surface area contributed by atoms with Crippen LogP contribution in [0.2, 0.25) is 0 Å². The largest absolute Gasteiger partial charge is 0.484 e. The summed E-state index contributed by atoms with van der Waals surface area (Å²) in [4.78, 5) is 12.2. The third-order valence-electron chi connectivity index (χ3n) is 3.98. The van der Waals surface area contributed by atoms with E-state index in [0.717, 1.165) is 11.3 Å². The molecule has 1 amide bonds. The van der Waals surface area contributed by atoms with E-state index in [1.807, 2.05) is 49.4 Å². The molecular formula is C19H21N5O2. The summed E-state index contributed by atoms with van der Waals surface area (Å²) in [5.41, 5.74) is 3.63. The number of aryl methyl sites for hydroxylation is 1. The van der Waals surface area contributed by atoms with Gasteiger partial charge in [-0.1, -0.05) is 32.0 Å². The van der Waals surface area contributed by atoms with Gasteiger partial charge in [-0.3, -0.25) is 4.79 Å². The van der Waals surface area contributed by atoms with Crippen molar-refractivity contribution in [2.24, 2.45) is 0 Å². The summed E-state index contributed by atoms with van der Waals surface area (Å²) in [7, 11) is 0. The van der Waals surface area contributed by atoms with Crippen molar-refractivity contribution in [3.05, 3.63) is 59.9 Å². The Bertz CT molecular complexity index is 891. The van der Waals surface area contributed by atoms with Crippen molar-refractivity contribution in [3.63, 3.8) is 0 Å². The standard InChI is InChI=1S/C19H21N5O2/c1-13(2)15-5-4-6-17(9-15)26-11-19(25)21-16-8-7-14(3)18(10-16)24-12-20-22-23-24/h4-10,12-13H,11H2,1-3H3,(H,21,25). The fraction of sp³-hybridized carbons (Fsp3) is 0.263. The topological polar surface area (TPSA) is 81.9 Å². The molecule has 0 aliphatic carbocycles. The molecule has 7 nitrogen and oxygen atoms in total. The molecule has 1 N–H and O–H groups in total. The normalized spacial score (nSPS) is 10.8. The monoisotopic (exact) mass is 351 g/mol. The van der Waals surface area contributed by atoms with Crippen molar-refractivity contribution in [1.29, 1.82) is 0 Å². The van der Waals surface area contributed by atoms with Crippen molar-refractivity contribution >= 4 is 11.6 Å². The minimum absolute atomic E-state index is 0.0599. The molecule has 1 aromatic heterocycles. The van der Waals surface area contributed by atoms with Gasteiger partial charge in [0, 0.05) is 5.69 Å². The van der Waals surface area contributed by atoms with Gasteiger partial charge in [-0.05, 0) is 58.7 Å². The second-order valence-electron chi connectivity index (χ2n) is 6.32. The second-order valence-corrected chi connectivity index (χ2v) is 6.32. The molecule has 26 heavy (non-hydrogen) atoms. The number of nitrogens with zero attached hydrogens (tertiary/aromatic N) is 4. The first kappa shape index (κ1) is 17.6. The summed E-state index contributed by atoms with van der Waals surface area (Å²) < 4.78 is 7.16. The molecule has 3 aromatic rings. The third kappa shape index (κ3) is 4.24. The zero-order valence-corrected chi connectivity index (χ0v) is 15.0. The molecule has 0 saturated carbocycles. The minimum Gasteiger partial charge on any atom is -0.484 e. The van der Waals surface area contributed by atoms with Crippen LogP contribution in [0.25, 0.3) is 5.69 Å². The zero-order valence-electron chi connectivity index (χ0n) is 15.0. The number of carbonyl (C=O) groups excluding carboxylic acids is 1. The number of benzene rings is 2. The fourth-order valence-electron chi connectivity index (χ4n) is 2.52. The van der Waals surface area contributed by atoms with Crippen LogP contribution in [-0.4, -0.2) is 32.7 Å². The molecule has 0 bridgehead atoms. The SMILES string of the molecule is Cc1ccc(NC(=O)COc2cccc(C(C)C)c2)cc1-n1cnnn1. The van der Waals surface area contributed by atoms with Crippen LogP contribution in [0.5, 0.6) is 5.75 Å². The van der Waals surface area contributed by atoms with Gasteiger partial charge < -0.3 is 10.1 Å². The summed E-state index contributed by atoms with van der Waals surface area (Å²) in [5, 5.41) is 14.0. The Labute approximate surface area is 152 Å². The van der Waals surface area contributed by atoms with E-state index in [1.165, 1.54) is 11.9 Å². The van der Waals surface area contributed by atoms with Gasteiger partial charge in [0.05, 0.1) is 5.69 Å². The van der Waals surface area contributed by atoms with Crippen LogP contribution >= 0.6 is 0 Å². The highest BCUT2D eigenvalue weighted by Crippen LogP contribution is 2.21. The molecule has 0 fully saturated rings. The van der Waals surface area contributed by atoms with E-state index >= 15 is 0 Å². The predicted octanol–water partition coefficient (Wildman–Crippen LogP) is 3.11. The molecule has 7 heteroatoms. The van der Waals surface area contributed by atoms with E-state index in [2.05, 4.69) is 34.7 Å². The average Bonchev–Trinajstić information content (AvgIpc) is 3.16. The molecule has 3 rings (SSSR count). The Morgan fingerprint density at radius 2 is 2.08 bits per heavy atom. The van der Waals surface area contributed by atoms with Crippen LogP contribution in [0.3, 0.4) is 0 Å². The summed E-state index contributed by atoms with van der Waals surface area (Å²) in [5.74, 6) is 0.862. The highest BCUT2D eigenvalue weighted by molar-refractivity contribution is 5.92. The zero-order chi connectivity index (χ0) is 18.5. The average molecular weight is 351 g/mol. The molecule has 0 aliphatic rings. The van der Waals surface area contributed by atoms with Crippen molar-refractivity contribution in [1.82, 2.24) is 20.2 Å². The van der Waals surface area contributed by atoms with Gasteiger partial charge in [0.1, 0.15) is 12.1 Å². The van der Waals surface area contributed by atoms with Crippen molar-refractivity contribution in [2.75, 3.05) is 11.9 Å². The van der Waals surface area contributed by atoms with Crippen molar-refractivity contribution < 1.29 is 9.53 Å². The summed E-state index contributed by atoms with van der Waals surface area (Å²) in [6.45, 7) is 6.12. The van der Waals surface area contributed by atoms with Gasteiger partial charge >= 0.3 is 0 Å². The predicted molar refractivity (Wildman–Crippen MR) is 98.5 cm³/mol. The number of rotatable bonds is 6. The number of tetrazole rings is 1. The van der Waals surface area contributed by atoms with E-state index in [9.17, 15) is 4.79 Å². The van der Waals surface area contributed by atoms with E-state index in [0.29, 0.717) is 17.4 Å². The van der Waals surface area contributed by atoms with Crippen LogP contribution in [0.4, 0.5) is 5.69 Å². The lowest BCUT2D eigenvalue weighted by Gasteiger charge is -2.11. The van der Waals surface area contributed by atoms with Gasteiger partial charge in [0.15, 0.2) is 6.61 Å². The fourth-order valence-corrected chi connectivity index (χ4v) is 2.52. The van der Waals surface area contributed by atoms with Crippen LogP contribution in [-0.2, 0) is 4.79 Å². The first-order valence-corrected chi connectivity index (χ1v) is 8.39. The Hall–Kier alpha value is -3.22. The molecule has 0 aliphatic heterocycles. The number of hydrogen-bond acceptors (Lipinski definition) is 5. The molecule has 0 radical (unpaired) electrons. The van der Waals surface area contributed by atoms with E-state index in [4.69, 9.17) is 4.74 Å². The first-order chi connectivity index (χ1) is 12.5. The third-order valence-corrected chi connectivity index (χ3v) is 3.98. The Kier molecular flexibility index (Phi) is 5.26. The number of aromatic nitrogens is 4. The van der Waals surface area contributed by atoms with Crippen molar-refractivity contribution in [2.45, 2.75) is 26.7 Å². The number of nitrogens with one attached hydrogen (secondary N) is 1. The van der Waals surface area contributed by atoms with E-state index < -0.39 is 0 Å².